The number of nitrogens with zero attached hydrogens (tertiary/aromatic N) is 3. The fourth-order valence-electron chi connectivity index (χ4n) is 2.88. The van der Waals surface area contributed by atoms with E-state index in [0.29, 0.717) is 19.6 Å². The topological polar surface area (TPSA) is 70.1 Å². The zero-order valence-corrected chi connectivity index (χ0v) is 12.1. The molecule has 0 aromatic rings. The molecule has 2 aliphatic rings. The van der Waals surface area contributed by atoms with Crippen LogP contribution in [-0.2, 0) is 15.0 Å². The number of piperidine rings is 2. The number of carbonyl (C=O) groups excluding carboxylic acids is 1. The fraction of sp³-hybridized carbons (Fsp3) is 0.917. The summed E-state index contributed by atoms with van der Waals surface area (Å²) >= 11 is 0. The van der Waals surface area contributed by atoms with Crippen molar-refractivity contribution in [1.82, 2.24) is 8.61 Å². The molecule has 2 saturated heterocycles. The molecule has 2 fully saturated rings. The highest BCUT2D eigenvalue weighted by Crippen LogP contribution is 2.28. The summed E-state index contributed by atoms with van der Waals surface area (Å²) in [5.41, 5.74) is 0. The molecule has 0 N–H and O–H groups in total. The van der Waals surface area contributed by atoms with Crippen LogP contribution < -0.4 is 0 Å². The molecule has 108 valence electrons. The van der Waals surface area contributed by atoms with Crippen LogP contribution >= 0.6 is 0 Å². The van der Waals surface area contributed by atoms with Gasteiger partial charge in [0.1, 0.15) is 6.17 Å². The molecule has 2 unspecified atom stereocenters. The van der Waals surface area contributed by atoms with Crippen molar-refractivity contribution < 1.29 is 13.2 Å². The Hall–Kier alpha value is -0.750. The van der Waals surface area contributed by atoms with Crippen LogP contribution in [-0.4, -0.2) is 48.9 Å². The van der Waals surface area contributed by atoms with E-state index in [-0.39, 0.29) is 5.92 Å². The minimum absolute atomic E-state index is 0.0646. The van der Waals surface area contributed by atoms with Gasteiger partial charge in [-0.3, -0.25) is 0 Å². The summed E-state index contributed by atoms with van der Waals surface area (Å²) in [5, 5.41) is 0. The van der Waals surface area contributed by atoms with E-state index in [2.05, 4.69) is 4.99 Å². The van der Waals surface area contributed by atoms with E-state index in [1.807, 2.05) is 6.92 Å². The van der Waals surface area contributed by atoms with Crippen LogP contribution in [0.25, 0.3) is 0 Å². The molecule has 0 radical (unpaired) electrons. The quantitative estimate of drug-likeness (QED) is 0.577. The Balaban J connectivity index is 2.23. The zero-order valence-electron chi connectivity index (χ0n) is 11.3. The second kappa shape index (κ2) is 6.13. The van der Waals surface area contributed by atoms with Crippen molar-refractivity contribution in [3.8, 4) is 0 Å². The zero-order chi connectivity index (χ0) is 13.9. The van der Waals surface area contributed by atoms with E-state index in [4.69, 9.17) is 0 Å². The summed E-state index contributed by atoms with van der Waals surface area (Å²) in [6, 6.07) is 0. The van der Waals surface area contributed by atoms with Gasteiger partial charge < -0.3 is 0 Å². The molecule has 2 atom stereocenters. The van der Waals surface area contributed by atoms with Crippen LogP contribution in [0.4, 0.5) is 0 Å². The molecule has 0 aliphatic carbocycles. The van der Waals surface area contributed by atoms with E-state index < -0.39 is 16.4 Å². The lowest BCUT2D eigenvalue weighted by Gasteiger charge is -2.39. The van der Waals surface area contributed by atoms with Gasteiger partial charge in [-0.05, 0) is 31.6 Å². The molecular weight excluding hydrogens is 266 g/mol. The molecular formula is C12H21N3O3S. The highest BCUT2D eigenvalue weighted by molar-refractivity contribution is 7.86. The second-order valence-corrected chi connectivity index (χ2v) is 7.21. The lowest BCUT2D eigenvalue weighted by Crippen LogP contribution is -2.53. The average molecular weight is 287 g/mol. The predicted octanol–water partition coefficient (Wildman–Crippen LogP) is 1.11. The Morgan fingerprint density at radius 3 is 2.42 bits per heavy atom. The smallest absolute Gasteiger partial charge is 0.211 e. The van der Waals surface area contributed by atoms with Crippen molar-refractivity contribution in [2.75, 3.05) is 19.6 Å². The number of hydrogen-bond acceptors (Lipinski definition) is 4. The first-order valence-corrected chi connectivity index (χ1v) is 8.31. The lowest BCUT2D eigenvalue weighted by molar-refractivity contribution is 0.177. The van der Waals surface area contributed by atoms with E-state index in [1.165, 1.54) is 14.7 Å². The number of hydrogen-bond donors (Lipinski definition) is 0. The summed E-state index contributed by atoms with van der Waals surface area (Å²) in [6.45, 7) is 3.53. The van der Waals surface area contributed by atoms with Crippen LogP contribution in [0.5, 0.6) is 0 Å². The van der Waals surface area contributed by atoms with Crippen LogP contribution in [0, 0.1) is 5.92 Å². The van der Waals surface area contributed by atoms with Crippen molar-refractivity contribution in [2.24, 2.45) is 10.9 Å². The Bertz CT molecular complexity index is 453. The Morgan fingerprint density at radius 2 is 1.79 bits per heavy atom. The molecule has 0 aromatic heterocycles. The number of isocyanates is 1. The summed E-state index contributed by atoms with van der Waals surface area (Å²) in [7, 11) is -3.50. The summed E-state index contributed by atoms with van der Waals surface area (Å²) in [5.74, 6) is 0.0646. The average Bonchev–Trinajstić information content (AvgIpc) is 2.42. The van der Waals surface area contributed by atoms with E-state index >= 15 is 0 Å². The highest BCUT2D eigenvalue weighted by atomic mass is 32.2. The Kier molecular flexibility index (Phi) is 4.73. The maximum atomic E-state index is 12.6. The Labute approximate surface area is 114 Å². The molecule has 0 aromatic carbocycles. The molecule has 19 heavy (non-hydrogen) atoms. The van der Waals surface area contributed by atoms with Gasteiger partial charge in [0, 0.05) is 19.6 Å². The molecule has 0 amide bonds. The first-order valence-electron chi connectivity index (χ1n) is 6.91. The van der Waals surface area contributed by atoms with Gasteiger partial charge in [-0.25, -0.2) is 4.79 Å². The third kappa shape index (κ3) is 3.05. The minimum Gasteiger partial charge on any atom is -0.211 e. The Morgan fingerprint density at radius 1 is 1.11 bits per heavy atom. The standard InChI is InChI=1S/C12H21N3O3S/c1-11-6-5-9-15(12(11)13-10-16)19(17,18)14-7-3-2-4-8-14/h11-12H,2-9H2,1H3. The monoisotopic (exact) mass is 287 g/mol. The summed E-state index contributed by atoms with van der Waals surface area (Å²) < 4.78 is 28.2. The van der Waals surface area contributed by atoms with Gasteiger partial charge in [0.05, 0.1) is 0 Å². The maximum Gasteiger partial charge on any atom is 0.283 e. The number of rotatable bonds is 3. The van der Waals surface area contributed by atoms with Crippen molar-refractivity contribution in [1.29, 1.82) is 0 Å². The molecule has 0 spiro atoms. The first-order chi connectivity index (χ1) is 9.07. The van der Waals surface area contributed by atoms with Crippen LogP contribution in [0.2, 0.25) is 0 Å². The van der Waals surface area contributed by atoms with E-state index in [0.717, 1.165) is 32.1 Å². The summed E-state index contributed by atoms with van der Waals surface area (Å²) in [4.78, 5) is 14.3. The van der Waals surface area contributed by atoms with Gasteiger partial charge in [-0.2, -0.15) is 22.0 Å². The van der Waals surface area contributed by atoms with Gasteiger partial charge in [-0.1, -0.05) is 13.3 Å². The van der Waals surface area contributed by atoms with E-state index in [9.17, 15) is 13.2 Å². The van der Waals surface area contributed by atoms with Crippen LogP contribution in [0.3, 0.4) is 0 Å². The van der Waals surface area contributed by atoms with Gasteiger partial charge in [0.2, 0.25) is 6.08 Å². The summed E-state index contributed by atoms with van der Waals surface area (Å²) in [6.07, 6.45) is 5.54. The fourth-order valence-corrected chi connectivity index (χ4v) is 4.78. The molecule has 2 heterocycles. The van der Waals surface area contributed by atoms with Crippen LogP contribution in [0.15, 0.2) is 4.99 Å². The van der Waals surface area contributed by atoms with Crippen molar-refractivity contribution in [3.63, 3.8) is 0 Å². The van der Waals surface area contributed by atoms with Crippen LogP contribution in [0.1, 0.15) is 39.0 Å². The molecule has 6 nitrogen and oxygen atoms in total. The van der Waals surface area contributed by atoms with Gasteiger partial charge in [-0.15, -0.1) is 0 Å². The molecule has 2 rings (SSSR count). The van der Waals surface area contributed by atoms with Crippen molar-refractivity contribution in [3.05, 3.63) is 0 Å². The molecule has 7 heteroatoms. The maximum absolute atomic E-state index is 12.6. The molecule has 2 aliphatic heterocycles. The molecule has 0 bridgehead atoms. The van der Waals surface area contributed by atoms with Gasteiger partial charge >= 0.3 is 0 Å². The third-order valence-electron chi connectivity index (χ3n) is 3.96. The van der Waals surface area contributed by atoms with Crippen molar-refractivity contribution in [2.45, 2.75) is 45.2 Å². The van der Waals surface area contributed by atoms with E-state index in [1.54, 1.807) is 0 Å². The van der Waals surface area contributed by atoms with Gasteiger partial charge in [0.25, 0.3) is 10.2 Å². The lowest BCUT2D eigenvalue weighted by atomic mass is 9.98. The minimum atomic E-state index is -3.50. The van der Waals surface area contributed by atoms with Crippen molar-refractivity contribution >= 4 is 16.3 Å². The number of aliphatic imine (C=N–C) groups is 1. The SMILES string of the molecule is CC1CCCN(S(=O)(=O)N2CCCCC2)C1N=C=O. The highest BCUT2D eigenvalue weighted by Gasteiger charge is 2.39. The first kappa shape index (κ1) is 14.7. The largest absolute Gasteiger partial charge is 0.283 e. The van der Waals surface area contributed by atoms with Gasteiger partial charge in [0.15, 0.2) is 0 Å². The molecule has 0 saturated carbocycles. The third-order valence-corrected chi connectivity index (χ3v) is 5.97. The normalized spacial score (nSPS) is 30.8. The second-order valence-electron chi connectivity index (χ2n) is 5.33. The predicted molar refractivity (Wildman–Crippen MR) is 71.4 cm³/mol.